The number of ether oxygens (including phenoxy) is 1. The van der Waals surface area contributed by atoms with Gasteiger partial charge in [-0.3, -0.25) is 4.99 Å². The number of aliphatic imine (C=N–C) groups is 1. The van der Waals surface area contributed by atoms with Gasteiger partial charge in [0.2, 0.25) is 0 Å². The standard InChI is InChI=1S/C20H35N5O/c1-21-20(25-16-9-17-26-18-10-3-2-4-11-18)24-15-8-7-14-23-19-12-5-6-13-22-19/h5-6,12-13,18H,2-4,7-11,14-17H2,1H3,(H,22,23)(H2,21,24,25). The smallest absolute Gasteiger partial charge is 0.190 e. The molecule has 0 aromatic carbocycles. The third kappa shape index (κ3) is 9.04. The van der Waals surface area contributed by atoms with Gasteiger partial charge in [0.15, 0.2) is 5.96 Å². The second kappa shape index (κ2) is 13.4. The summed E-state index contributed by atoms with van der Waals surface area (Å²) in [6.45, 7) is 3.59. The van der Waals surface area contributed by atoms with Crippen LogP contribution in [0, 0.1) is 0 Å². The van der Waals surface area contributed by atoms with E-state index in [1.165, 1.54) is 32.1 Å². The lowest BCUT2D eigenvalue weighted by atomic mass is 9.98. The van der Waals surface area contributed by atoms with E-state index in [-0.39, 0.29) is 0 Å². The zero-order valence-electron chi connectivity index (χ0n) is 16.2. The zero-order valence-corrected chi connectivity index (χ0v) is 16.2. The molecule has 1 aliphatic rings. The molecule has 1 saturated carbocycles. The number of unbranched alkanes of at least 4 members (excludes halogenated alkanes) is 1. The summed E-state index contributed by atoms with van der Waals surface area (Å²) in [4.78, 5) is 8.52. The van der Waals surface area contributed by atoms with Gasteiger partial charge in [-0.05, 0) is 44.2 Å². The molecule has 1 aromatic heterocycles. The molecule has 6 nitrogen and oxygen atoms in total. The highest BCUT2D eigenvalue weighted by Gasteiger charge is 2.12. The van der Waals surface area contributed by atoms with E-state index >= 15 is 0 Å². The van der Waals surface area contributed by atoms with Crippen LogP contribution in [0.2, 0.25) is 0 Å². The minimum absolute atomic E-state index is 0.501. The molecule has 1 fully saturated rings. The van der Waals surface area contributed by atoms with Crippen molar-refractivity contribution >= 4 is 11.8 Å². The van der Waals surface area contributed by atoms with Crippen LogP contribution in [0.15, 0.2) is 29.4 Å². The summed E-state index contributed by atoms with van der Waals surface area (Å²) in [6, 6.07) is 5.91. The third-order valence-corrected chi connectivity index (χ3v) is 4.61. The molecule has 0 bridgehead atoms. The number of hydrogen-bond donors (Lipinski definition) is 3. The number of anilines is 1. The van der Waals surface area contributed by atoms with Gasteiger partial charge in [-0.1, -0.05) is 25.3 Å². The van der Waals surface area contributed by atoms with Gasteiger partial charge in [-0.25, -0.2) is 4.98 Å². The van der Waals surface area contributed by atoms with Gasteiger partial charge >= 0.3 is 0 Å². The van der Waals surface area contributed by atoms with Gasteiger partial charge in [0.25, 0.3) is 0 Å². The summed E-state index contributed by atoms with van der Waals surface area (Å²) < 4.78 is 5.95. The largest absolute Gasteiger partial charge is 0.378 e. The SMILES string of the molecule is CN=C(NCCCCNc1ccccn1)NCCCOC1CCCCC1. The molecule has 1 aliphatic carbocycles. The monoisotopic (exact) mass is 361 g/mol. The highest BCUT2D eigenvalue weighted by atomic mass is 16.5. The molecular weight excluding hydrogens is 326 g/mol. The van der Waals surface area contributed by atoms with Crippen LogP contribution in [0.1, 0.15) is 51.4 Å². The summed E-state index contributed by atoms with van der Waals surface area (Å²) in [5.41, 5.74) is 0. The van der Waals surface area contributed by atoms with Gasteiger partial charge in [-0.15, -0.1) is 0 Å². The van der Waals surface area contributed by atoms with Crippen LogP contribution in [0.5, 0.6) is 0 Å². The number of guanidine groups is 1. The Bertz CT molecular complexity index is 488. The molecule has 1 aromatic rings. The van der Waals surface area contributed by atoms with Crippen LogP contribution in [-0.4, -0.2) is 50.3 Å². The van der Waals surface area contributed by atoms with E-state index in [2.05, 4.69) is 25.9 Å². The van der Waals surface area contributed by atoms with Crippen molar-refractivity contribution in [1.29, 1.82) is 0 Å². The van der Waals surface area contributed by atoms with Crippen molar-refractivity contribution in [3.63, 3.8) is 0 Å². The van der Waals surface area contributed by atoms with E-state index in [0.29, 0.717) is 6.10 Å². The van der Waals surface area contributed by atoms with Crippen LogP contribution < -0.4 is 16.0 Å². The molecular formula is C20H35N5O. The first-order chi connectivity index (χ1) is 12.9. The molecule has 6 heteroatoms. The molecule has 0 spiro atoms. The summed E-state index contributed by atoms with van der Waals surface area (Å²) in [7, 11) is 1.82. The van der Waals surface area contributed by atoms with Gasteiger partial charge in [-0.2, -0.15) is 0 Å². The Labute approximate surface area is 158 Å². The van der Waals surface area contributed by atoms with E-state index in [0.717, 1.165) is 57.3 Å². The second-order valence-corrected chi connectivity index (χ2v) is 6.76. The minimum atomic E-state index is 0.501. The fraction of sp³-hybridized carbons (Fsp3) is 0.700. The van der Waals surface area contributed by atoms with Gasteiger partial charge in [0, 0.05) is 39.5 Å². The number of aromatic nitrogens is 1. The molecule has 0 saturated heterocycles. The topological polar surface area (TPSA) is 70.6 Å². The first-order valence-electron chi connectivity index (χ1n) is 10.1. The van der Waals surface area contributed by atoms with E-state index in [1.54, 1.807) is 6.20 Å². The number of rotatable bonds is 11. The van der Waals surface area contributed by atoms with Crippen LogP contribution in [-0.2, 0) is 4.74 Å². The lowest BCUT2D eigenvalue weighted by Gasteiger charge is -2.22. The average molecular weight is 362 g/mol. The van der Waals surface area contributed by atoms with Gasteiger partial charge < -0.3 is 20.7 Å². The van der Waals surface area contributed by atoms with Crippen molar-refractivity contribution in [1.82, 2.24) is 15.6 Å². The maximum Gasteiger partial charge on any atom is 0.190 e. The Kier molecular flexibility index (Phi) is 10.6. The fourth-order valence-corrected chi connectivity index (χ4v) is 3.12. The summed E-state index contributed by atoms with van der Waals surface area (Å²) in [5.74, 6) is 1.81. The molecule has 1 heterocycles. The van der Waals surface area contributed by atoms with Crippen LogP contribution >= 0.6 is 0 Å². The molecule has 26 heavy (non-hydrogen) atoms. The van der Waals surface area contributed by atoms with E-state index in [9.17, 15) is 0 Å². The number of hydrogen-bond acceptors (Lipinski definition) is 4. The van der Waals surface area contributed by atoms with Crippen molar-refractivity contribution in [3.05, 3.63) is 24.4 Å². The first-order valence-corrected chi connectivity index (χ1v) is 10.1. The summed E-state index contributed by atoms with van der Waals surface area (Å²) in [6.07, 6.45) is 12.0. The van der Waals surface area contributed by atoms with Crippen molar-refractivity contribution in [2.24, 2.45) is 4.99 Å². The molecule has 0 amide bonds. The minimum Gasteiger partial charge on any atom is -0.378 e. The quantitative estimate of drug-likeness (QED) is 0.321. The third-order valence-electron chi connectivity index (χ3n) is 4.61. The van der Waals surface area contributed by atoms with E-state index in [1.807, 2.05) is 25.2 Å². The summed E-state index contributed by atoms with van der Waals surface area (Å²) >= 11 is 0. The van der Waals surface area contributed by atoms with Crippen LogP contribution in [0.4, 0.5) is 5.82 Å². The zero-order chi connectivity index (χ0) is 18.3. The Balaban J connectivity index is 1.42. The molecule has 0 radical (unpaired) electrons. The Morgan fingerprint density at radius 2 is 1.85 bits per heavy atom. The highest BCUT2D eigenvalue weighted by molar-refractivity contribution is 5.79. The van der Waals surface area contributed by atoms with E-state index < -0.39 is 0 Å². The van der Waals surface area contributed by atoms with Crippen molar-refractivity contribution in [2.75, 3.05) is 38.6 Å². The lowest BCUT2D eigenvalue weighted by Crippen LogP contribution is -2.38. The van der Waals surface area contributed by atoms with Crippen LogP contribution in [0.25, 0.3) is 0 Å². The fourth-order valence-electron chi connectivity index (χ4n) is 3.12. The van der Waals surface area contributed by atoms with Gasteiger partial charge in [0.1, 0.15) is 5.82 Å². The number of pyridine rings is 1. The Morgan fingerprint density at radius 3 is 2.58 bits per heavy atom. The lowest BCUT2D eigenvalue weighted by molar-refractivity contribution is 0.0277. The maximum atomic E-state index is 5.95. The van der Waals surface area contributed by atoms with Crippen molar-refractivity contribution in [3.8, 4) is 0 Å². The molecule has 0 atom stereocenters. The second-order valence-electron chi connectivity index (χ2n) is 6.76. The van der Waals surface area contributed by atoms with Gasteiger partial charge in [0.05, 0.1) is 6.10 Å². The first kappa shape index (κ1) is 20.5. The molecule has 2 rings (SSSR count). The molecule has 3 N–H and O–H groups in total. The summed E-state index contributed by atoms with van der Waals surface area (Å²) in [5, 5.41) is 10.0. The van der Waals surface area contributed by atoms with E-state index in [4.69, 9.17) is 4.74 Å². The maximum absolute atomic E-state index is 5.95. The molecule has 0 aliphatic heterocycles. The Hall–Kier alpha value is -1.82. The van der Waals surface area contributed by atoms with Crippen LogP contribution in [0.3, 0.4) is 0 Å². The average Bonchev–Trinajstić information content (AvgIpc) is 2.70. The Morgan fingerprint density at radius 1 is 1.08 bits per heavy atom. The number of nitrogens with zero attached hydrogens (tertiary/aromatic N) is 2. The van der Waals surface area contributed by atoms with Crippen molar-refractivity contribution < 1.29 is 4.74 Å². The normalized spacial score (nSPS) is 15.7. The molecule has 0 unspecified atom stereocenters. The number of nitrogens with one attached hydrogen (secondary N) is 3. The van der Waals surface area contributed by atoms with Crippen molar-refractivity contribution in [2.45, 2.75) is 57.5 Å². The molecule has 146 valence electrons. The highest BCUT2D eigenvalue weighted by Crippen LogP contribution is 2.20. The predicted octanol–water partition coefficient (Wildman–Crippen LogP) is 3.18. The predicted molar refractivity (Wildman–Crippen MR) is 109 cm³/mol.